The number of carbonyl (C=O) groups excluding carboxylic acids is 1. The van der Waals surface area contributed by atoms with E-state index in [0.717, 1.165) is 0 Å². The van der Waals surface area contributed by atoms with Crippen LogP contribution in [-0.4, -0.2) is 49.4 Å². The molecular weight excluding hydrogens is 324 g/mol. The molecule has 2 aliphatic rings. The molecule has 3 atom stereocenters. The van der Waals surface area contributed by atoms with Gasteiger partial charge in [0.2, 0.25) is 6.29 Å². The summed E-state index contributed by atoms with van der Waals surface area (Å²) in [6.45, 7) is 2.82. The zero-order valence-electron chi connectivity index (χ0n) is 12.2. The van der Waals surface area contributed by atoms with Crippen LogP contribution in [0.3, 0.4) is 0 Å². The van der Waals surface area contributed by atoms with Gasteiger partial charge in [0.1, 0.15) is 6.10 Å². The van der Waals surface area contributed by atoms with Crippen LogP contribution < -0.4 is 5.73 Å². The Kier molecular flexibility index (Phi) is 3.28. The van der Waals surface area contributed by atoms with E-state index in [2.05, 4.69) is 20.0 Å². The first-order valence-corrected chi connectivity index (χ1v) is 7.58. The second kappa shape index (κ2) is 5.22. The molecule has 23 heavy (non-hydrogen) atoms. The van der Waals surface area contributed by atoms with E-state index in [1.54, 1.807) is 9.25 Å². The summed E-state index contributed by atoms with van der Waals surface area (Å²) in [5.74, 6) is 0.470. The maximum absolute atomic E-state index is 12.0. The van der Waals surface area contributed by atoms with Crippen LogP contribution in [0.2, 0.25) is 0 Å². The fourth-order valence-electron chi connectivity index (χ4n) is 2.91. The Morgan fingerprint density at radius 2 is 2.26 bits per heavy atom. The van der Waals surface area contributed by atoms with Gasteiger partial charge in [-0.2, -0.15) is 0 Å². The summed E-state index contributed by atoms with van der Waals surface area (Å²) >= 11 is 5.50. The summed E-state index contributed by atoms with van der Waals surface area (Å²) in [6.07, 6.45) is -0.755. The average Bonchev–Trinajstić information content (AvgIpc) is 3.21. The number of carbonyl (C=O) groups is 1. The van der Waals surface area contributed by atoms with E-state index in [-0.39, 0.29) is 30.2 Å². The lowest BCUT2D eigenvalue weighted by atomic mass is 10.0. The number of hydrogen-bond donors (Lipinski definition) is 1. The van der Waals surface area contributed by atoms with E-state index >= 15 is 0 Å². The van der Waals surface area contributed by atoms with Crippen molar-refractivity contribution in [1.29, 1.82) is 0 Å². The number of nitrogens with zero attached hydrogens (tertiary/aromatic N) is 5. The van der Waals surface area contributed by atoms with E-state index in [9.17, 15) is 4.79 Å². The van der Waals surface area contributed by atoms with Gasteiger partial charge in [-0.1, -0.05) is 0 Å². The fraction of sp³-hybridized carbons (Fsp3) is 0.583. The Morgan fingerprint density at radius 1 is 1.43 bits per heavy atom. The second-order valence-electron chi connectivity index (χ2n) is 5.37. The van der Waals surface area contributed by atoms with Gasteiger partial charge in [-0.15, -0.1) is 5.10 Å². The smallest absolute Gasteiger partial charge is 0.218 e. The Balaban J connectivity index is 1.81. The molecule has 2 N–H and O–H groups in total. The van der Waals surface area contributed by atoms with Crippen LogP contribution in [0.4, 0.5) is 5.82 Å². The molecule has 2 fully saturated rings. The normalized spacial score (nSPS) is 26.8. The highest BCUT2D eigenvalue weighted by Crippen LogP contribution is 2.34. The number of ether oxygens (including phenoxy) is 2. The molecule has 11 heteroatoms. The highest BCUT2D eigenvalue weighted by molar-refractivity contribution is 7.71. The molecule has 3 unspecified atom stereocenters. The molecule has 0 aliphatic carbocycles. The number of anilines is 1. The topological polar surface area (TPSA) is 123 Å². The van der Waals surface area contributed by atoms with Crippen molar-refractivity contribution in [2.45, 2.75) is 38.3 Å². The first-order valence-electron chi connectivity index (χ1n) is 7.17. The molecule has 2 aromatic rings. The lowest BCUT2D eigenvalue weighted by Gasteiger charge is -2.26. The number of nitrogen functional groups attached to an aromatic ring is 1. The van der Waals surface area contributed by atoms with Crippen LogP contribution in [0.5, 0.6) is 0 Å². The molecule has 4 heterocycles. The number of fused-ring (bicyclic) bond motifs is 2. The number of Topliss-reactive ketones (excluding diaryl/α,β-unsaturated/α-hetero) is 1. The van der Waals surface area contributed by atoms with Crippen molar-refractivity contribution in [3.63, 3.8) is 0 Å². The zero-order chi connectivity index (χ0) is 16.1. The molecule has 4 rings (SSSR count). The number of aromatic nitrogens is 5. The molecule has 122 valence electrons. The number of ketones is 1. The summed E-state index contributed by atoms with van der Waals surface area (Å²) in [7, 11) is 0. The number of rotatable bonds is 3. The third kappa shape index (κ3) is 2.11. The Hall–Kier alpha value is -2.11. The van der Waals surface area contributed by atoms with Gasteiger partial charge in [0.25, 0.3) is 0 Å². The lowest BCUT2D eigenvalue weighted by Crippen LogP contribution is -2.37. The lowest BCUT2D eigenvalue weighted by molar-refractivity contribution is -0.156. The minimum Gasteiger partial charge on any atom is -0.379 e. The van der Waals surface area contributed by atoms with E-state index in [0.29, 0.717) is 29.4 Å². The SMILES string of the molecule is CCn1c(-c2nonc2N)nn(C2CC(=O)C3OCC2O3)c1=S. The van der Waals surface area contributed by atoms with Crippen LogP contribution in [0.15, 0.2) is 4.63 Å². The summed E-state index contributed by atoms with van der Waals surface area (Å²) in [5, 5.41) is 11.8. The molecule has 0 amide bonds. The van der Waals surface area contributed by atoms with Crippen LogP contribution in [0, 0.1) is 4.77 Å². The number of nitrogens with two attached hydrogens (primary N) is 1. The van der Waals surface area contributed by atoms with Crippen molar-refractivity contribution < 1.29 is 18.9 Å². The summed E-state index contributed by atoms with van der Waals surface area (Å²) in [5.41, 5.74) is 6.07. The van der Waals surface area contributed by atoms with Gasteiger partial charge in [-0.05, 0) is 29.5 Å². The predicted octanol–water partition coefficient (Wildman–Crippen LogP) is 0.322. The van der Waals surface area contributed by atoms with Crippen molar-refractivity contribution in [3.8, 4) is 11.5 Å². The number of hydrogen-bond acceptors (Lipinski definition) is 9. The maximum Gasteiger partial charge on any atom is 0.218 e. The third-order valence-corrected chi connectivity index (χ3v) is 4.46. The minimum atomic E-state index is -0.756. The van der Waals surface area contributed by atoms with Crippen molar-refractivity contribution in [2.75, 3.05) is 12.3 Å². The molecule has 2 aliphatic heterocycles. The molecular formula is C12H14N6O4S. The van der Waals surface area contributed by atoms with E-state index < -0.39 is 6.29 Å². The third-order valence-electron chi connectivity index (χ3n) is 4.05. The van der Waals surface area contributed by atoms with Gasteiger partial charge >= 0.3 is 0 Å². The van der Waals surface area contributed by atoms with Crippen LogP contribution in [-0.2, 0) is 20.8 Å². The van der Waals surface area contributed by atoms with Gasteiger partial charge in [0.05, 0.1) is 12.6 Å². The quantitative estimate of drug-likeness (QED) is 0.788. The molecule has 0 radical (unpaired) electrons. The highest BCUT2D eigenvalue weighted by atomic mass is 32.1. The molecule has 10 nitrogen and oxygen atoms in total. The Morgan fingerprint density at radius 3 is 2.96 bits per heavy atom. The fourth-order valence-corrected chi connectivity index (χ4v) is 3.30. The second-order valence-corrected chi connectivity index (χ2v) is 5.74. The van der Waals surface area contributed by atoms with E-state index in [1.807, 2.05) is 6.92 Å². The zero-order valence-corrected chi connectivity index (χ0v) is 13.0. The van der Waals surface area contributed by atoms with Gasteiger partial charge in [-0.3, -0.25) is 9.36 Å². The van der Waals surface area contributed by atoms with Crippen molar-refractivity contribution >= 4 is 23.8 Å². The molecule has 2 bridgehead atoms. The predicted molar refractivity (Wildman–Crippen MR) is 77.7 cm³/mol. The van der Waals surface area contributed by atoms with Gasteiger partial charge < -0.3 is 15.2 Å². The molecule has 2 saturated heterocycles. The molecule has 0 aromatic carbocycles. The molecule has 2 aromatic heterocycles. The summed E-state index contributed by atoms with van der Waals surface area (Å²) < 4.78 is 19.4. The van der Waals surface area contributed by atoms with Gasteiger partial charge in [0.15, 0.2) is 27.9 Å². The standard InChI is InChI=1S/C12H14N6O4S/c1-2-17-10(8-9(13)16-22-15-8)14-18(12(17)23)5-3-6(19)11-20-4-7(5)21-11/h5,7,11H,2-4H2,1H3,(H2,13,16). The highest BCUT2D eigenvalue weighted by Gasteiger charge is 2.45. The average molecular weight is 338 g/mol. The van der Waals surface area contributed by atoms with Gasteiger partial charge in [0, 0.05) is 13.0 Å². The Bertz CT molecular complexity index is 826. The van der Waals surface area contributed by atoms with E-state index in [1.165, 1.54) is 0 Å². The first-order chi connectivity index (χ1) is 11.1. The summed E-state index contributed by atoms with van der Waals surface area (Å²) in [6, 6.07) is -0.318. The Labute approximate surface area is 135 Å². The van der Waals surface area contributed by atoms with Crippen LogP contribution >= 0.6 is 12.2 Å². The minimum absolute atomic E-state index is 0.110. The monoisotopic (exact) mass is 338 g/mol. The van der Waals surface area contributed by atoms with Crippen molar-refractivity contribution in [2.24, 2.45) is 0 Å². The van der Waals surface area contributed by atoms with Crippen molar-refractivity contribution in [3.05, 3.63) is 4.77 Å². The molecule has 0 spiro atoms. The van der Waals surface area contributed by atoms with Crippen molar-refractivity contribution in [1.82, 2.24) is 24.7 Å². The summed E-state index contributed by atoms with van der Waals surface area (Å²) in [4.78, 5) is 12.0. The first kappa shape index (κ1) is 14.5. The van der Waals surface area contributed by atoms with E-state index in [4.69, 9.17) is 27.4 Å². The van der Waals surface area contributed by atoms with Gasteiger partial charge in [-0.25, -0.2) is 9.31 Å². The van der Waals surface area contributed by atoms with Crippen LogP contribution in [0.1, 0.15) is 19.4 Å². The largest absolute Gasteiger partial charge is 0.379 e. The van der Waals surface area contributed by atoms with Crippen LogP contribution in [0.25, 0.3) is 11.5 Å². The maximum atomic E-state index is 12.0. The molecule has 0 saturated carbocycles.